The summed E-state index contributed by atoms with van der Waals surface area (Å²) in [5.74, 6) is -0.385. The fourth-order valence-electron chi connectivity index (χ4n) is 1.98. The molecule has 3 nitrogen and oxygen atoms in total. The van der Waals surface area contributed by atoms with Crippen molar-refractivity contribution in [1.29, 1.82) is 5.26 Å². The number of aromatic nitrogens is 1. The van der Waals surface area contributed by atoms with Gasteiger partial charge in [0.1, 0.15) is 11.9 Å². The van der Waals surface area contributed by atoms with Gasteiger partial charge in [-0.25, -0.2) is 4.39 Å². The Morgan fingerprint density at radius 2 is 2.26 bits per heavy atom. The Bertz CT molecular complexity index is 677. The van der Waals surface area contributed by atoms with Gasteiger partial charge in [-0.3, -0.25) is 4.98 Å². The van der Waals surface area contributed by atoms with E-state index in [1.807, 2.05) is 13.8 Å². The molecule has 0 amide bonds. The standard InChI is InChI=1S/C14H13BrFN3/c1-3-4-18-14-9(6-17)7-19-13-8(2)5-10(15)12(16)11(13)14/h5,7H,3-4H2,1-2H3,(H,18,19). The summed E-state index contributed by atoms with van der Waals surface area (Å²) in [6.07, 6.45) is 2.38. The molecule has 0 aliphatic carbocycles. The Morgan fingerprint density at radius 1 is 1.53 bits per heavy atom. The van der Waals surface area contributed by atoms with E-state index in [0.29, 0.717) is 33.2 Å². The molecule has 98 valence electrons. The normalized spacial score (nSPS) is 10.5. The summed E-state index contributed by atoms with van der Waals surface area (Å²) in [5, 5.41) is 12.6. The lowest BCUT2D eigenvalue weighted by atomic mass is 10.1. The zero-order valence-electron chi connectivity index (χ0n) is 10.7. The molecule has 0 fully saturated rings. The average molecular weight is 322 g/mol. The number of nitrogens with zero attached hydrogens (tertiary/aromatic N) is 2. The van der Waals surface area contributed by atoms with Gasteiger partial charge in [0.05, 0.1) is 26.6 Å². The maximum absolute atomic E-state index is 14.3. The average Bonchev–Trinajstić information content (AvgIpc) is 2.41. The molecule has 0 bridgehead atoms. The van der Waals surface area contributed by atoms with Gasteiger partial charge in [0.2, 0.25) is 0 Å². The number of fused-ring (bicyclic) bond motifs is 1. The molecule has 19 heavy (non-hydrogen) atoms. The first-order valence-corrected chi connectivity index (χ1v) is 6.80. The number of hydrogen-bond acceptors (Lipinski definition) is 3. The van der Waals surface area contributed by atoms with Crippen LogP contribution in [0, 0.1) is 24.1 Å². The molecule has 0 aliphatic heterocycles. The Kier molecular flexibility index (Phi) is 4.01. The molecule has 1 aromatic carbocycles. The van der Waals surface area contributed by atoms with Gasteiger partial charge in [0.25, 0.3) is 0 Å². The SMILES string of the molecule is CCCNc1c(C#N)cnc2c(C)cc(Br)c(F)c12. The number of halogens is 2. The Labute approximate surface area is 119 Å². The highest BCUT2D eigenvalue weighted by atomic mass is 79.9. The molecule has 0 saturated heterocycles. The van der Waals surface area contributed by atoms with Crippen LogP contribution in [-0.2, 0) is 0 Å². The lowest BCUT2D eigenvalue weighted by Gasteiger charge is -2.13. The number of pyridine rings is 1. The second-order valence-corrected chi connectivity index (χ2v) is 5.15. The highest BCUT2D eigenvalue weighted by Crippen LogP contribution is 2.33. The van der Waals surface area contributed by atoms with Gasteiger partial charge in [0, 0.05) is 12.7 Å². The Morgan fingerprint density at radius 3 is 2.89 bits per heavy atom. The van der Waals surface area contributed by atoms with Gasteiger partial charge in [-0.1, -0.05) is 6.92 Å². The third-order valence-corrected chi connectivity index (χ3v) is 3.47. The third kappa shape index (κ3) is 2.41. The van der Waals surface area contributed by atoms with Crippen molar-refractivity contribution in [2.45, 2.75) is 20.3 Å². The van der Waals surface area contributed by atoms with Crippen LogP contribution in [-0.4, -0.2) is 11.5 Å². The molecular formula is C14H13BrFN3. The summed E-state index contributed by atoms with van der Waals surface area (Å²) in [5.41, 5.74) is 2.33. The van der Waals surface area contributed by atoms with Crippen molar-refractivity contribution in [1.82, 2.24) is 4.98 Å². The molecule has 2 rings (SSSR count). The summed E-state index contributed by atoms with van der Waals surface area (Å²) in [6.45, 7) is 4.56. The van der Waals surface area contributed by atoms with E-state index < -0.39 is 0 Å². The van der Waals surface area contributed by atoms with Crippen molar-refractivity contribution < 1.29 is 4.39 Å². The van der Waals surface area contributed by atoms with E-state index in [9.17, 15) is 4.39 Å². The van der Waals surface area contributed by atoms with Crippen LogP contribution in [0.5, 0.6) is 0 Å². The number of aryl methyl sites for hydroxylation is 1. The van der Waals surface area contributed by atoms with Crippen molar-refractivity contribution in [2.75, 3.05) is 11.9 Å². The second-order valence-electron chi connectivity index (χ2n) is 4.30. The Hall–Kier alpha value is -1.67. The molecule has 0 saturated carbocycles. The van der Waals surface area contributed by atoms with Gasteiger partial charge in [-0.05, 0) is 40.9 Å². The van der Waals surface area contributed by atoms with Gasteiger partial charge >= 0.3 is 0 Å². The first-order valence-electron chi connectivity index (χ1n) is 6.01. The molecule has 0 atom stereocenters. The second kappa shape index (κ2) is 5.54. The minimum atomic E-state index is -0.385. The fourth-order valence-corrected chi connectivity index (χ4v) is 2.53. The highest BCUT2D eigenvalue weighted by molar-refractivity contribution is 9.10. The van der Waals surface area contributed by atoms with E-state index in [4.69, 9.17) is 5.26 Å². The predicted octanol–water partition coefficient (Wildman–Crippen LogP) is 4.14. The summed E-state index contributed by atoms with van der Waals surface area (Å²) in [6, 6.07) is 3.75. The van der Waals surface area contributed by atoms with Crippen LogP contribution < -0.4 is 5.32 Å². The highest BCUT2D eigenvalue weighted by Gasteiger charge is 2.16. The zero-order chi connectivity index (χ0) is 14.0. The number of nitriles is 1. The van der Waals surface area contributed by atoms with E-state index in [2.05, 4.69) is 32.3 Å². The fraction of sp³-hybridized carbons (Fsp3) is 0.286. The third-order valence-electron chi connectivity index (χ3n) is 2.90. The van der Waals surface area contributed by atoms with E-state index >= 15 is 0 Å². The topological polar surface area (TPSA) is 48.7 Å². The van der Waals surface area contributed by atoms with E-state index in [0.717, 1.165) is 12.0 Å². The van der Waals surface area contributed by atoms with Crippen molar-refractivity contribution in [3.8, 4) is 6.07 Å². The van der Waals surface area contributed by atoms with E-state index in [-0.39, 0.29) is 5.82 Å². The number of hydrogen-bond donors (Lipinski definition) is 1. The largest absolute Gasteiger partial charge is 0.383 e. The van der Waals surface area contributed by atoms with E-state index in [1.165, 1.54) is 6.20 Å². The Balaban J connectivity index is 2.83. The van der Waals surface area contributed by atoms with Gasteiger partial charge in [-0.15, -0.1) is 0 Å². The van der Waals surface area contributed by atoms with Crippen molar-refractivity contribution >= 4 is 32.5 Å². The lowest BCUT2D eigenvalue weighted by molar-refractivity contribution is 0.633. The first kappa shape index (κ1) is 13.8. The van der Waals surface area contributed by atoms with E-state index in [1.54, 1.807) is 6.07 Å². The molecule has 5 heteroatoms. The zero-order valence-corrected chi connectivity index (χ0v) is 12.3. The minimum Gasteiger partial charge on any atom is -0.383 e. The molecule has 2 aromatic rings. The van der Waals surface area contributed by atoms with Crippen LogP contribution >= 0.6 is 15.9 Å². The van der Waals surface area contributed by atoms with Crippen LogP contribution in [0.4, 0.5) is 10.1 Å². The number of nitrogens with one attached hydrogen (secondary N) is 1. The predicted molar refractivity (Wildman–Crippen MR) is 77.6 cm³/mol. The molecule has 1 heterocycles. The summed E-state index contributed by atoms with van der Waals surface area (Å²) < 4.78 is 14.7. The van der Waals surface area contributed by atoms with Crippen molar-refractivity contribution in [3.63, 3.8) is 0 Å². The molecule has 0 aliphatic rings. The summed E-state index contributed by atoms with van der Waals surface area (Å²) in [4.78, 5) is 4.20. The quantitative estimate of drug-likeness (QED) is 0.924. The van der Waals surface area contributed by atoms with Crippen LogP contribution in [0.2, 0.25) is 0 Å². The molecule has 0 unspecified atom stereocenters. The summed E-state index contributed by atoms with van der Waals surface area (Å²) in [7, 11) is 0. The number of anilines is 1. The van der Waals surface area contributed by atoms with Crippen molar-refractivity contribution in [2.24, 2.45) is 0 Å². The van der Waals surface area contributed by atoms with Gasteiger partial charge < -0.3 is 5.32 Å². The smallest absolute Gasteiger partial charge is 0.148 e. The lowest BCUT2D eigenvalue weighted by Crippen LogP contribution is -2.05. The summed E-state index contributed by atoms with van der Waals surface area (Å²) >= 11 is 3.20. The minimum absolute atomic E-state index is 0.359. The molecule has 1 aromatic heterocycles. The van der Waals surface area contributed by atoms with Crippen LogP contribution in [0.3, 0.4) is 0 Å². The monoisotopic (exact) mass is 321 g/mol. The van der Waals surface area contributed by atoms with Crippen LogP contribution in [0.1, 0.15) is 24.5 Å². The molecule has 0 radical (unpaired) electrons. The van der Waals surface area contributed by atoms with Crippen molar-refractivity contribution in [3.05, 3.63) is 33.7 Å². The van der Waals surface area contributed by atoms with Crippen LogP contribution in [0.15, 0.2) is 16.7 Å². The number of benzene rings is 1. The van der Waals surface area contributed by atoms with Gasteiger partial charge in [0.15, 0.2) is 0 Å². The first-order chi connectivity index (χ1) is 9.10. The molecule has 1 N–H and O–H groups in total. The van der Waals surface area contributed by atoms with Gasteiger partial charge in [-0.2, -0.15) is 5.26 Å². The number of rotatable bonds is 3. The maximum atomic E-state index is 14.3. The molecular weight excluding hydrogens is 309 g/mol. The maximum Gasteiger partial charge on any atom is 0.148 e. The van der Waals surface area contributed by atoms with Crippen LogP contribution in [0.25, 0.3) is 10.9 Å². The molecule has 0 spiro atoms.